The summed E-state index contributed by atoms with van der Waals surface area (Å²) < 4.78 is 12.7. The summed E-state index contributed by atoms with van der Waals surface area (Å²) in [4.78, 5) is 0. The normalized spacial score (nSPS) is 10.3. The lowest BCUT2D eigenvalue weighted by molar-refractivity contribution is 0.471. The standard InChI is InChI=1S/C10H6ClFN2O/c11-10-4-3-8(13-14-10)7-2-1-6(12)5-9(7)15/h1-5,15H. The van der Waals surface area contributed by atoms with Crippen molar-refractivity contribution in [2.45, 2.75) is 0 Å². The number of halogens is 2. The van der Waals surface area contributed by atoms with Crippen LogP contribution in [0.1, 0.15) is 0 Å². The lowest BCUT2D eigenvalue weighted by Gasteiger charge is -2.02. The number of benzene rings is 1. The fraction of sp³-hybridized carbons (Fsp3) is 0. The van der Waals surface area contributed by atoms with E-state index in [4.69, 9.17) is 11.6 Å². The fourth-order valence-electron chi connectivity index (χ4n) is 1.18. The Labute approximate surface area is 90.2 Å². The highest BCUT2D eigenvalue weighted by atomic mass is 35.5. The van der Waals surface area contributed by atoms with Gasteiger partial charge in [0.1, 0.15) is 11.6 Å². The van der Waals surface area contributed by atoms with Crippen LogP contribution in [0, 0.1) is 5.82 Å². The van der Waals surface area contributed by atoms with Crippen LogP contribution < -0.4 is 0 Å². The van der Waals surface area contributed by atoms with E-state index >= 15 is 0 Å². The van der Waals surface area contributed by atoms with Gasteiger partial charge < -0.3 is 5.11 Å². The average Bonchev–Trinajstić information content (AvgIpc) is 2.20. The van der Waals surface area contributed by atoms with Crippen LogP contribution in [0.3, 0.4) is 0 Å². The molecule has 0 aliphatic carbocycles. The first-order chi connectivity index (χ1) is 7.16. The van der Waals surface area contributed by atoms with Crippen molar-refractivity contribution in [2.75, 3.05) is 0 Å². The van der Waals surface area contributed by atoms with E-state index in [1.54, 1.807) is 12.1 Å². The monoisotopic (exact) mass is 224 g/mol. The largest absolute Gasteiger partial charge is 0.507 e. The second-order valence-electron chi connectivity index (χ2n) is 2.90. The molecule has 1 aromatic heterocycles. The summed E-state index contributed by atoms with van der Waals surface area (Å²) in [7, 11) is 0. The van der Waals surface area contributed by atoms with Crippen molar-refractivity contribution in [3.8, 4) is 17.0 Å². The van der Waals surface area contributed by atoms with Gasteiger partial charge in [0.15, 0.2) is 5.15 Å². The van der Waals surface area contributed by atoms with Gasteiger partial charge in [-0.15, -0.1) is 10.2 Å². The SMILES string of the molecule is Oc1cc(F)ccc1-c1ccc(Cl)nn1. The smallest absolute Gasteiger partial charge is 0.151 e. The van der Waals surface area contributed by atoms with Crippen molar-refractivity contribution < 1.29 is 9.50 Å². The molecule has 0 saturated heterocycles. The van der Waals surface area contributed by atoms with Crippen molar-refractivity contribution in [3.63, 3.8) is 0 Å². The molecular formula is C10H6ClFN2O. The Morgan fingerprint density at radius 1 is 1.13 bits per heavy atom. The number of rotatable bonds is 1. The molecule has 0 radical (unpaired) electrons. The molecule has 0 unspecified atom stereocenters. The topological polar surface area (TPSA) is 46.0 Å². The number of phenolic OH excluding ortho intramolecular Hbond substituents is 1. The molecule has 2 aromatic rings. The zero-order valence-corrected chi connectivity index (χ0v) is 8.24. The van der Waals surface area contributed by atoms with Crippen LogP contribution in [0.15, 0.2) is 30.3 Å². The second-order valence-corrected chi connectivity index (χ2v) is 3.29. The Morgan fingerprint density at radius 3 is 2.53 bits per heavy atom. The van der Waals surface area contributed by atoms with Gasteiger partial charge in [-0.25, -0.2) is 4.39 Å². The number of nitrogens with zero attached hydrogens (tertiary/aromatic N) is 2. The van der Waals surface area contributed by atoms with Crippen molar-refractivity contribution in [3.05, 3.63) is 41.3 Å². The molecule has 0 spiro atoms. The number of aromatic hydroxyl groups is 1. The Kier molecular flexibility index (Phi) is 2.51. The van der Waals surface area contributed by atoms with Crippen LogP contribution in [0.25, 0.3) is 11.3 Å². The van der Waals surface area contributed by atoms with E-state index < -0.39 is 5.82 Å². The Morgan fingerprint density at radius 2 is 1.93 bits per heavy atom. The Bertz CT molecular complexity index is 487. The first kappa shape index (κ1) is 9.86. The highest BCUT2D eigenvalue weighted by molar-refractivity contribution is 6.29. The minimum Gasteiger partial charge on any atom is -0.507 e. The van der Waals surface area contributed by atoms with Crippen LogP contribution in [-0.2, 0) is 0 Å². The maximum Gasteiger partial charge on any atom is 0.151 e. The summed E-state index contributed by atoms with van der Waals surface area (Å²) in [6.07, 6.45) is 0. The van der Waals surface area contributed by atoms with Crippen molar-refractivity contribution in [1.29, 1.82) is 0 Å². The number of aromatic nitrogens is 2. The molecule has 1 heterocycles. The molecule has 0 saturated carbocycles. The molecule has 15 heavy (non-hydrogen) atoms. The summed E-state index contributed by atoms with van der Waals surface area (Å²) in [5.41, 5.74) is 0.859. The van der Waals surface area contributed by atoms with Crippen LogP contribution >= 0.6 is 11.6 Å². The molecule has 3 nitrogen and oxygen atoms in total. The molecule has 1 aromatic carbocycles. The number of phenols is 1. The fourth-order valence-corrected chi connectivity index (χ4v) is 1.28. The van der Waals surface area contributed by atoms with E-state index in [0.29, 0.717) is 11.3 Å². The first-order valence-electron chi connectivity index (χ1n) is 4.15. The van der Waals surface area contributed by atoms with E-state index in [-0.39, 0.29) is 10.9 Å². The highest BCUT2D eigenvalue weighted by Crippen LogP contribution is 2.27. The van der Waals surface area contributed by atoms with Gasteiger partial charge in [0, 0.05) is 11.6 Å². The Balaban J connectivity index is 2.49. The van der Waals surface area contributed by atoms with Gasteiger partial charge >= 0.3 is 0 Å². The number of hydrogen-bond acceptors (Lipinski definition) is 3. The van der Waals surface area contributed by atoms with Gasteiger partial charge in [-0.1, -0.05) is 11.6 Å². The molecule has 0 atom stereocenters. The minimum absolute atomic E-state index is 0.174. The van der Waals surface area contributed by atoms with Gasteiger partial charge in [-0.2, -0.15) is 0 Å². The molecule has 5 heteroatoms. The molecule has 0 amide bonds. The average molecular weight is 225 g/mol. The van der Waals surface area contributed by atoms with Gasteiger partial charge in [0.2, 0.25) is 0 Å². The van der Waals surface area contributed by atoms with Crippen molar-refractivity contribution >= 4 is 11.6 Å². The maximum atomic E-state index is 12.7. The van der Waals surface area contributed by atoms with Crippen LogP contribution in [-0.4, -0.2) is 15.3 Å². The molecule has 2 rings (SSSR count). The van der Waals surface area contributed by atoms with Crippen molar-refractivity contribution in [1.82, 2.24) is 10.2 Å². The summed E-state index contributed by atoms with van der Waals surface area (Å²) in [6.45, 7) is 0. The van der Waals surface area contributed by atoms with E-state index in [1.807, 2.05) is 0 Å². The summed E-state index contributed by atoms with van der Waals surface area (Å²) in [6, 6.07) is 6.84. The Hall–Kier alpha value is -1.68. The van der Waals surface area contributed by atoms with Crippen LogP contribution in [0.5, 0.6) is 5.75 Å². The zero-order valence-electron chi connectivity index (χ0n) is 7.48. The third-order valence-electron chi connectivity index (χ3n) is 1.87. The predicted molar refractivity (Wildman–Crippen MR) is 54.1 cm³/mol. The van der Waals surface area contributed by atoms with Crippen LogP contribution in [0.4, 0.5) is 4.39 Å². The van der Waals surface area contributed by atoms with Gasteiger partial charge in [0.05, 0.1) is 5.69 Å². The van der Waals surface area contributed by atoms with Crippen LogP contribution in [0.2, 0.25) is 5.15 Å². The predicted octanol–water partition coefficient (Wildman–Crippen LogP) is 2.64. The van der Waals surface area contributed by atoms with E-state index in [9.17, 15) is 9.50 Å². The first-order valence-corrected chi connectivity index (χ1v) is 4.53. The van der Waals surface area contributed by atoms with Gasteiger partial charge in [-0.05, 0) is 24.3 Å². The van der Waals surface area contributed by atoms with Gasteiger partial charge in [0.25, 0.3) is 0 Å². The summed E-state index contributed by atoms with van der Waals surface area (Å²) in [5, 5.41) is 17.1. The van der Waals surface area contributed by atoms with Gasteiger partial charge in [-0.3, -0.25) is 0 Å². The maximum absolute atomic E-state index is 12.7. The molecule has 0 aliphatic rings. The van der Waals surface area contributed by atoms with Crippen molar-refractivity contribution in [2.24, 2.45) is 0 Å². The van der Waals surface area contributed by atoms with E-state index in [2.05, 4.69) is 10.2 Å². The summed E-state index contributed by atoms with van der Waals surface area (Å²) in [5.74, 6) is -0.676. The highest BCUT2D eigenvalue weighted by Gasteiger charge is 2.06. The van der Waals surface area contributed by atoms with E-state index in [0.717, 1.165) is 6.07 Å². The molecular weight excluding hydrogens is 219 g/mol. The third-order valence-corrected chi connectivity index (χ3v) is 2.07. The third kappa shape index (κ3) is 2.05. The second kappa shape index (κ2) is 3.82. The lowest BCUT2D eigenvalue weighted by atomic mass is 10.1. The molecule has 0 aliphatic heterocycles. The minimum atomic E-state index is -0.502. The molecule has 0 fully saturated rings. The molecule has 76 valence electrons. The lowest BCUT2D eigenvalue weighted by Crippen LogP contribution is -1.88. The number of hydrogen-bond donors (Lipinski definition) is 1. The van der Waals surface area contributed by atoms with E-state index in [1.165, 1.54) is 12.1 Å². The quantitative estimate of drug-likeness (QED) is 0.810. The molecule has 1 N–H and O–H groups in total. The molecule has 0 bridgehead atoms. The summed E-state index contributed by atoms with van der Waals surface area (Å²) >= 11 is 5.57. The zero-order chi connectivity index (χ0) is 10.8.